The monoisotopic (exact) mass is 194 g/mol. The Kier molecular flexibility index (Phi) is 2.26. The third-order valence-electron chi connectivity index (χ3n) is 1.60. The summed E-state index contributed by atoms with van der Waals surface area (Å²) in [5, 5.41) is 16.8. The lowest BCUT2D eigenvalue weighted by atomic mass is 10.6. The highest BCUT2D eigenvalue weighted by Crippen LogP contribution is 1.97. The van der Waals surface area contributed by atoms with Gasteiger partial charge in [0.1, 0.15) is 0 Å². The molecule has 0 aliphatic rings. The molecule has 2 aromatic heterocycles. The molecule has 0 aromatic carbocycles. The van der Waals surface area contributed by atoms with Gasteiger partial charge in [0.05, 0.1) is 12.7 Å². The van der Waals surface area contributed by atoms with Gasteiger partial charge in [0.25, 0.3) is 0 Å². The lowest BCUT2D eigenvalue weighted by Gasteiger charge is -2.00. The van der Waals surface area contributed by atoms with E-state index < -0.39 is 0 Å². The molecule has 14 heavy (non-hydrogen) atoms. The Balaban J connectivity index is 1.78. The summed E-state index contributed by atoms with van der Waals surface area (Å²) in [6.07, 6.45) is 3.42. The van der Waals surface area contributed by atoms with Crippen LogP contribution in [0.1, 0.15) is 0 Å². The van der Waals surface area contributed by atoms with E-state index >= 15 is 0 Å². The van der Waals surface area contributed by atoms with Crippen LogP contribution in [0.5, 0.6) is 0 Å². The van der Waals surface area contributed by atoms with Crippen molar-refractivity contribution in [3.63, 3.8) is 0 Å². The summed E-state index contributed by atoms with van der Waals surface area (Å²) in [6, 6.07) is 0. The minimum atomic E-state index is 0.299. The largest absolute Gasteiger partial charge is 0.368 e. The standard InChI is InChI=1S/C6H10N8/c7-5-10-6(12-11-5)8-1-3-14-4-2-9-13-14/h2,4H,1,3H2,(H4,7,8,10,11,12). The summed E-state index contributed by atoms with van der Waals surface area (Å²) >= 11 is 0. The van der Waals surface area contributed by atoms with Gasteiger partial charge >= 0.3 is 0 Å². The molecule has 2 aromatic rings. The highest BCUT2D eigenvalue weighted by atomic mass is 15.4. The molecule has 0 spiro atoms. The fourth-order valence-corrected chi connectivity index (χ4v) is 0.988. The van der Waals surface area contributed by atoms with E-state index in [9.17, 15) is 0 Å². The van der Waals surface area contributed by atoms with Crippen molar-refractivity contribution in [2.75, 3.05) is 17.6 Å². The summed E-state index contributed by atoms with van der Waals surface area (Å²) in [5.41, 5.74) is 5.35. The number of nitrogens with two attached hydrogens (primary N) is 1. The number of rotatable bonds is 4. The van der Waals surface area contributed by atoms with E-state index in [4.69, 9.17) is 5.73 Å². The van der Waals surface area contributed by atoms with Crippen LogP contribution in [0.4, 0.5) is 11.9 Å². The van der Waals surface area contributed by atoms with Gasteiger partial charge in [-0.15, -0.1) is 10.2 Å². The number of aromatic amines is 1. The molecule has 2 rings (SSSR count). The molecule has 0 fully saturated rings. The van der Waals surface area contributed by atoms with Gasteiger partial charge in [0.2, 0.25) is 11.9 Å². The number of hydrogen-bond donors (Lipinski definition) is 3. The summed E-state index contributed by atoms with van der Waals surface area (Å²) in [4.78, 5) is 3.88. The maximum absolute atomic E-state index is 5.35. The number of nitrogens with one attached hydrogen (secondary N) is 2. The SMILES string of the molecule is Nc1nc(NCCn2ccnn2)n[nH]1. The van der Waals surface area contributed by atoms with Crippen LogP contribution >= 0.6 is 0 Å². The molecule has 0 aliphatic carbocycles. The molecular formula is C6H10N8. The number of aromatic nitrogens is 6. The first-order valence-corrected chi connectivity index (χ1v) is 4.10. The molecule has 0 saturated carbocycles. The van der Waals surface area contributed by atoms with Gasteiger partial charge in [-0.05, 0) is 0 Å². The molecule has 8 heteroatoms. The fraction of sp³-hybridized carbons (Fsp3) is 0.333. The number of H-pyrrole nitrogens is 1. The Labute approximate surface area is 79.5 Å². The first-order valence-electron chi connectivity index (χ1n) is 4.10. The maximum Gasteiger partial charge on any atom is 0.243 e. The highest BCUT2D eigenvalue weighted by molar-refractivity contribution is 5.29. The Hall–Kier alpha value is -2.12. The minimum Gasteiger partial charge on any atom is -0.368 e. The van der Waals surface area contributed by atoms with Crippen LogP contribution in [0, 0.1) is 0 Å². The predicted octanol–water partition coefficient (Wildman–Crippen LogP) is -0.910. The molecular weight excluding hydrogens is 184 g/mol. The fourth-order valence-electron chi connectivity index (χ4n) is 0.988. The van der Waals surface area contributed by atoms with Gasteiger partial charge in [0.15, 0.2) is 0 Å². The first kappa shape index (κ1) is 8.48. The Morgan fingerprint density at radius 1 is 1.57 bits per heavy atom. The number of nitrogen functional groups attached to an aromatic ring is 1. The van der Waals surface area contributed by atoms with E-state index in [-0.39, 0.29) is 0 Å². The molecule has 0 unspecified atom stereocenters. The summed E-state index contributed by atoms with van der Waals surface area (Å²) in [6.45, 7) is 1.37. The van der Waals surface area contributed by atoms with Crippen molar-refractivity contribution in [1.82, 2.24) is 30.2 Å². The van der Waals surface area contributed by atoms with Crippen LogP contribution in [-0.2, 0) is 6.54 Å². The molecule has 0 saturated heterocycles. The zero-order chi connectivity index (χ0) is 9.80. The van der Waals surface area contributed by atoms with Gasteiger partial charge in [-0.1, -0.05) is 5.21 Å². The second kappa shape index (κ2) is 3.73. The average Bonchev–Trinajstić information content (AvgIpc) is 2.77. The third kappa shape index (κ3) is 1.97. The number of nitrogens with zero attached hydrogens (tertiary/aromatic N) is 5. The van der Waals surface area contributed by atoms with Crippen molar-refractivity contribution in [2.24, 2.45) is 0 Å². The highest BCUT2D eigenvalue weighted by Gasteiger charge is 1.98. The normalized spacial score (nSPS) is 10.3. The van der Waals surface area contributed by atoms with Gasteiger partial charge in [0, 0.05) is 12.7 Å². The van der Waals surface area contributed by atoms with Crippen molar-refractivity contribution in [2.45, 2.75) is 6.54 Å². The summed E-state index contributed by atoms with van der Waals surface area (Å²) < 4.78 is 1.71. The smallest absolute Gasteiger partial charge is 0.243 e. The molecule has 4 N–H and O–H groups in total. The molecule has 0 bridgehead atoms. The Morgan fingerprint density at radius 2 is 2.50 bits per heavy atom. The molecule has 74 valence electrons. The molecule has 0 aliphatic heterocycles. The van der Waals surface area contributed by atoms with E-state index in [1.54, 1.807) is 17.1 Å². The van der Waals surface area contributed by atoms with E-state index in [2.05, 4.69) is 30.8 Å². The molecule has 2 heterocycles. The Morgan fingerprint density at radius 3 is 3.14 bits per heavy atom. The molecule has 0 atom stereocenters. The van der Waals surface area contributed by atoms with Crippen molar-refractivity contribution < 1.29 is 0 Å². The van der Waals surface area contributed by atoms with Crippen LogP contribution in [0.15, 0.2) is 12.4 Å². The third-order valence-corrected chi connectivity index (χ3v) is 1.60. The van der Waals surface area contributed by atoms with Crippen LogP contribution in [0.25, 0.3) is 0 Å². The van der Waals surface area contributed by atoms with Gasteiger partial charge < -0.3 is 11.1 Å². The average molecular weight is 194 g/mol. The van der Waals surface area contributed by atoms with Gasteiger partial charge in [-0.3, -0.25) is 4.68 Å². The lowest BCUT2D eigenvalue weighted by molar-refractivity contribution is 0.607. The quantitative estimate of drug-likeness (QED) is 0.581. The van der Waals surface area contributed by atoms with Crippen LogP contribution < -0.4 is 11.1 Å². The second-order valence-electron chi connectivity index (χ2n) is 2.64. The van der Waals surface area contributed by atoms with Crippen LogP contribution in [0.3, 0.4) is 0 Å². The maximum atomic E-state index is 5.35. The van der Waals surface area contributed by atoms with Crippen molar-refractivity contribution in [3.05, 3.63) is 12.4 Å². The van der Waals surface area contributed by atoms with E-state index in [1.165, 1.54) is 0 Å². The van der Waals surface area contributed by atoms with E-state index in [0.717, 1.165) is 0 Å². The number of anilines is 2. The van der Waals surface area contributed by atoms with Crippen LogP contribution in [0.2, 0.25) is 0 Å². The van der Waals surface area contributed by atoms with Crippen molar-refractivity contribution in [3.8, 4) is 0 Å². The zero-order valence-corrected chi connectivity index (χ0v) is 7.38. The van der Waals surface area contributed by atoms with Gasteiger partial charge in [-0.2, -0.15) is 4.98 Å². The van der Waals surface area contributed by atoms with Gasteiger partial charge in [-0.25, -0.2) is 5.10 Å². The molecule has 0 radical (unpaired) electrons. The predicted molar refractivity (Wildman–Crippen MR) is 49.3 cm³/mol. The number of hydrogen-bond acceptors (Lipinski definition) is 6. The Bertz CT molecular complexity index is 376. The molecule has 0 amide bonds. The second-order valence-corrected chi connectivity index (χ2v) is 2.64. The van der Waals surface area contributed by atoms with E-state index in [1.807, 2.05) is 0 Å². The molecule has 8 nitrogen and oxygen atoms in total. The van der Waals surface area contributed by atoms with Crippen molar-refractivity contribution in [1.29, 1.82) is 0 Å². The zero-order valence-electron chi connectivity index (χ0n) is 7.38. The van der Waals surface area contributed by atoms with E-state index in [0.29, 0.717) is 25.0 Å². The van der Waals surface area contributed by atoms with Crippen LogP contribution in [-0.4, -0.2) is 36.7 Å². The minimum absolute atomic E-state index is 0.299. The summed E-state index contributed by atoms with van der Waals surface area (Å²) in [5.74, 6) is 0.788. The topological polar surface area (TPSA) is 110 Å². The lowest BCUT2D eigenvalue weighted by Crippen LogP contribution is -2.11. The van der Waals surface area contributed by atoms with Crippen molar-refractivity contribution >= 4 is 11.9 Å². The first-order chi connectivity index (χ1) is 6.84. The summed E-state index contributed by atoms with van der Waals surface area (Å²) in [7, 11) is 0.